The Morgan fingerprint density at radius 3 is 2.14 bits per heavy atom. The van der Waals surface area contributed by atoms with Crippen LogP contribution < -0.4 is 0 Å². The number of fused-ring (bicyclic) bond motifs is 1. The van der Waals surface area contributed by atoms with E-state index in [1.165, 1.54) is 14.2 Å². The molecule has 29 heavy (non-hydrogen) atoms. The summed E-state index contributed by atoms with van der Waals surface area (Å²) in [6.07, 6.45) is 5.35. The van der Waals surface area contributed by atoms with E-state index < -0.39 is 31.6 Å². The Bertz CT molecular complexity index is 741. The average molecular weight is 423 g/mol. The first-order chi connectivity index (χ1) is 13.1. The summed E-state index contributed by atoms with van der Waals surface area (Å²) < 4.78 is 17.1. The predicted octanol–water partition coefficient (Wildman–Crippen LogP) is 5.03. The quantitative estimate of drug-likeness (QED) is 0.469. The third-order valence-corrected chi connectivity index (χ3v) is 11.9. The van der Waals surface area contributed by atoms with Crippen LogP contribution in [0.25, 0.3) is 0 Å². The van der Waals surface area contributed by atoms with Gasteiger partial charge in [0.05, 0.1) is 25.9 Å². The molecule has 0 bridgehead atoms. The lowest BCUT2D eigenvalue weighted by atomic mass is 9.52. The third kappa shape index (κ3) is 3.98. The molecule has 2 aliphatic rings. The molecule has 5 nitrogen and oxygen atoms in total. The molecule has 2 rings (SSSR count). The first-order valence-corrected chi connectivity index (χ1v) is 13.3. The number of carbonyl (C=O) groups excluding carboxylic acids is 2. The Hall–Kier alpha value is -1.40. The van der Waals surface area contributed by atoms with Crippen LogP contribution in [0.1, 0.15) is 54.4 Å². The van der Waals surface area contributed by atoms with Crippen LogP contribution in [-0.2, 0) is 23.5 Å². The molecule has 0 aromatic carbocycles. The molecule has 0 N–H and O–H groups in total. The first kappa shape index (κ1) is 23.9. The molecule has 0 heterocycles. The van der Waals surface area contributed by atoms with Crippen molar-refractivity contribution in [1.29, 1.82) is 0 Å². The lowest BCUT2D eigenvalue weighted by molar-refractivity contribution is -0.155. The highest BCUT2D eigenvalue weighted by atomic mass is 28.4. The number of rotatable bonds is 4. The van der Waals surface area contributed by atoms with Crippen molar-refractivity contribution in [2.24, 2.45) is 16.7 Å². The molecule has 0 aromatic rings. The predicted molar refractivity (Wildman–Crippen MR) is 117 cm³/mol. The highest BCUT2D eigenvalue weighted by Gasteiger charge is 2.59. The van der Waals surface area contributed by atoms with Crippen molar-refractivity contribution in [3.8, 4) is 0 Å². The summed E-state index contributed by atoms with van der Waals surface area (Å²) in [7, 11) is 0.603. The lowest BCUT2D eigenvalue weighted by Crippen LogP contribution is -2.58. The highest BCUT2D eigenvalue weighted by Crippen LogP contribution is 2.59. The number of methoxy groups -OCH3 is 2. The standard InChI is InChI=1S/C23H38O5Si/c1-21(2,3)29(9,10)28-17-13-14-22(4,5)16-12-11-15(19(24)26-7)18(20(25)27-8)23(16,17)6/h11-12,17-18H,13-14H2,1-10H3/t17-,18-,23-/m1/s1. The van der Waals surface area contributed by atoms with E-state index in [4.69, 9.17) is 13.9 Å². The Kier molecular flexibility index (Phi) is 6.33. The number of ether oxygens (including phenoxy) is 2. The maximum absolute atomic E-state index is 13.0. The van der Waals surface area contributed by atoms with Gasteiger partial charge in [0.25, 0.3) is 0 Å². The summed E-state index contributed by atoms with van der Waals surface area (Å²) in [5.41, 5.74) is 0.699. The van der Waals surface area contributed by atoms with Crippen molar-refractivity contribution in [3.05, 3.63) is 23.3 Å². The molecule has 0 unspecified atom stereocenters. The fourth-order valence-electron chi connectivity index (χ4n) is 4.68. The van der Waals surface area contributed by atoms with Gasteiger partial charge in [-0.05, 0) is 36.4 Å². The number of allylic oxidation sites excluding steroid dienone is 2. The maximum Gasteiger partial charge on any atom is 0.334 e. The third-order valence-electron chi connectivity index (χ3n) is 7.45. The zero-order valence-corrected chi connectivity index (χ0v) is 20.8. The molecule has 0 aromatic heterocycles. The number of carbonyl (C=O) groups is 2. The van der Waals surface area contributed by atoms with E-state index in [1.54, 1.807) is 6.08 Å². The Morgan fingerprint density at radius 1 is 1.07 bits per heavy atom. The highest BCUT2D eigenvalue weighted by molar-refractivity contribution is 6.74. The van der Waals surface area contributed by atoms with Gasteiger partial charge in [0.1, 0.15) is 5.92 Å². The smallest absolute Gasteiger partial charge is 0.334 e. The van der Waals surface area contributed by atoms with Crippen LogP contribution in [0.5, 0.6) is 0 Å². The summed E-state index contributed by atoms with van der Waals surface area (Å²) in [4.78, 5) is 25.6. The minimum Gasteiger partial charge on any atom is -0.469 e. The van der Waals surface area contributed by atoms with E-state index in [1.807, 2.05) is 6.08 Å². The summed E-state index contributed by atoms with van der Waals surface area (Å²) in [6, 6.07) is 0. The number of hydrogen-bond acceptors (Lipinski definition) is 5. The molecule has 3 atom stereocenters. The van der Waals surface area contributed by atoms with Crippen molar-refractivity contribution in [1.82, 2.24) is 0 Å². The second kappa shape index (κ2) is 7.69. The van der Waals surface area contributed by atoms with Crippen molar-refractivity contribution in [2.75, 3.05) is 14.2 Å². The number of esters is 2. The summed E-state index contributed by atoms with van der Waals surface area (Å²) in [5, 5.41) is 0.0383. The van der Waals surface area contributed by atoms with E-state index in [0.29, 0.717) is 5.57 Å². The van der Waals surface area contributed by atoms with Crippen molar-refractivity contribution < 1.29 is 23.5 Å². The largest absolute Gasteiger partial charge is 0.469 e. The van der Waals surface area contributed by atoms with Gasteiger partial charge in [0, 0.05) is 5.41 Å². The normalized spacial score (nSPS) is 29.3. The zero-order chi connectivity index (χ0) is 22.4. The molecule has 1 saturated carbocycles. The summed E-state index contributed by atoms with van der Waals surface area (Å²) in [5.74, 6) is -1.67. The Labute approximate surface area is 177 Å². The van der Waals surface area contributed by atoms with Crippen molar-refractivity contribution >= 4 is 20.3 Å². The topological polar surface area (TPSA) is 61.8 Å². The molecule has 0 saturated heterocycles. The van der Waals surface area contributed by atoms with E-state index >= 15 is 0 Å². The summed E-state index contributed by atoms with van der Waals surface area (Å²) in [6.45, 7) is 17.6. The zero-order valence-electron chi connectivity index (χ0n) is 19.8. The van der Waals surface area contributed by atoms with Gasteiger partial charge < -0.3 is 13.9 Å². The molecule has 0 radical (unpaired) electrons. The fraction of sp³-hybridized carbons (Fsp3) is 0.739. The van der Waals surface area contributed by atoms with Gasteiger partial charge in [-0.1, -0.05) is 59.3 Å². The first-order valence-electron chi connectivity index (χ1n) is 10.4. The average Bonchev–Trinajstić information content (AvgIpc) is 2.61. The molecule has 0 aliphatic heterocycles. The van der Waals surface area contributed by atoms with Crippen LogP contribution in [0.15, 0.2) is 23.3 Å². The maximum atomic E-state index is 13.0. The minimum absolute atomic E-state index is 0.0383. The Morgan fingerprint density at radius 2 is 1.66 bits per heavy atom. The van der Waals surface area contributed by atoms with Gasteiger partial charge >= 0.3 is 11.9 Å². The van der Waals surface area contributed by atoms with Crippen LogP contribution in [0.2, 0.25) is 18.1 Å². The molecule has 2 aliphatic carbocycles. The number of hydrogen-bond donors (Lipinski definition) is 0. The van der Waals surface area contributed by atoms with Gasteiger partial charge in [-0.25, -0.2) is 4.79 Å². The van der Waals surface area contributed by atoms with Crippen LogP contribution in [0.3, 0.4) is 0 Å². The fourth-order valence-corrected chi connectivity index (χ4v) is 6.10. The van der Waals surface area contributed by atoms with Gasteiger partial charge in [0.15, 0.2) is 8.32 Å². The molecular formula is C23H38O5Si. The minimum atomic E-state index is -2.11. The van der Waals surface area contributed by atoms with Crippen LogP contribution in [0.4, 0.5) is 0 Å². The summed E-state index contributed by atoms with van der Waals surface area (Å²) >= 11 is 0. The van der Waals surface area contributed by atoms with Crippen molar-refractivity contribution in [2.45, 2.75) is 78.6 Å². The molecular weight excluding hydrogens is 384 g/mol. The molecule has 164 valence electrons. The van der Waals surface area contributed by atoms with Crippen molar-refractivity contribution in [3.63, 3.8) is 0 Å². The van der Waals surface area contributed by atoms with Gasteiger partial charge in [-0.2, -0.15) is 0 Å². The molecule has 0 amide bonds. The monoisotopic (exact) mass is 422 g/mol. The van der Waals surface area contributed by atoms with Gasteiger partial charge in [-0.3, -0.25) is 4.79 Å². The van der Waals surface area contributed by atoms with Crippen LogP contribution in [-0.4, -0.2) is 40.6 Å². The van der Waals surface area contributed by atoms with Gasteiger partial charge in [0.2, 0.25) is 0 Å². The van der Waals surface area contributed by atoms with Gasteiger partial charge in [-0.15, -0.1) is 0 Å². The SMILES string of the molecule is COC(=O)C1=CC=C2C(C)(C)CC[C@@H](O[Si](C)(C)C(C)(C)C)[C@]2(C)[C@H]1C(=O)OC. The Balaban J connectivity index is 2.67. The van der Waals surface area contributed by atoms with E-state index in [9.17, 15) is 9.59 Å². The van der Waals surface area contributed by atoms with E-state index in [-0.39, 0.29) is 16.6 Å². The van der Waals surface area contributed by atoms with Crippen LogP contribution >= 0.6 is 0 Å². The lowest BCUT2D eigenvalue weighted by Gasteiger charge is -2.56. The molecule has 6 heteroatoms. The van der Waals surface area contributed by atoms with Crippen LogP contribution in [0, 0.1) is 16.7 Å². The molecule has 0 spiro atoms. The van der Waals surface area contributed by atoms with E-state index in [0.717, 1.165) is 18.4 Å². The second-order valence-corrected chi connectivity index (χ2v) is 15.5. The second-order valence-electron chi connectivity index (χ2n) is 10.7. The molecule has 1 fully saturated rings. The van der Waals surface area contributed by atoms with E-state index in [2.05, 4.69) is 54.6 Å².